The van der Waals surface area contributed by atoms with Crippen LogP contribution in [-0.4, -0.2) is 33.4 Å². The van der Waals surface area contributed by atoms with Gasteiger partial charge in [-0.15, -0.1) is 0 Å². The number of carboxylic acids is 1. The number of methoxy groups -OCH3 is 1. The molecule has 1 amide bonds. The zero-order valence-electron chi connectivity index (χ0n) is 16.9. The summed E-state index contributed by atoms with van der Waals surface area (Å²) in [4.78, 5) is 49.5. The van der Waals surface area contributed by atoms with E-state index in [2.05, 4.69) is 5.32 Å². The van der Waals surface area contributed by atoms with E-state index in [0.29, 0.717) is 28.1 Å². The molecule has 1 heterocycles. The maximum absolute atomic E-state index is 13.1. The highest BCUT2D eigenvalue weighted by Gasteiger charge is 2.31. The summed E-state index contributed by atoms with van der Waals surface area (Å²) in [7, 11) is 1.47. The van der Waals surface area contributed by atoms with Crippen LogP contribution < -0.4 is 21.3 Å². The van der Waals surface area contributed by atoms with Crippen molar-refractivity contribution in [2.24, 2.45) is 0 Å². The Morgan fingerprint density at radius 1 is 1.09 bits per heavy atom. The van der Waals surface area contributed by atoms with Crippen LogP contribution in [0.3, 0.4) is 0 Å². The molecule has 2 N–H and O–H groups in total. The number of nitrogens with one attached hydrogen (secondary N) is 1. The average molecular weight is 463 g/mol. The predicted octanol–water partition coefficient (Wildman–Crippen LogP) is 2.48. The highest BCUT2D eigenvalue weighted by atomic mass is 19.4. The first-order valence-corrected chi connectivity index (χ1v) is 9.23. The van der Waals surface area contributed by atoms with E-state index in [0.717, 1.165) is 18.2 Å². The third kappa shape index (κ3) is 4.95. The van der Waals surface area contributed by atoms with Gasteiger partial charge in [-0.1, -0.05) is 18.2 Å². The van der Waals surface area contributed by atoms with Gasteiger partial charge in [0.25, 0.3) is 5.56 Å². The molecule has 0 radical (unpaired) electrons. The lowest BCUT2D eigenvalue weighted by Gasteiger charge is -2.13. The Morgan fingerprint density at radius 2 is 1.76 bits per heavy atom. The van der Waals surface area contributed by atoms with Crippen LogP contribution in [-0.2, 0) is 12.7 Å². The van der Waals surface area contributed by atoms with E-state index in [-0.39, 0.29) is 11.1 Å². The van der Waals surface area contributed by atoms with Crippen molar-refractivity contribution >= 4 is 12.0 Å². The molecule has 33 heavy (non-hydrogen) atoms. The first-order valence-electron chi connectivity index (χ1n) is 9.23. The van der Waals surface area contributed by atoms with Crippen LogP contribution in [0.1, 0.15) is 21.5 Å². The number of hydrogen-bond donors (Lipinski definition) is 2. The van der Waals surface area contributed by atoms with Gasteiger partial charge in [0.15, 0.2) is 0 Å². The molecule has 0 spiro atoms. The van der Waals surface area contributed by atoms with E-state index in [1.807, 2.05) is 0 Å². The molecule has 0 unspecified atom stereocenters. The number of aromatic carboxylic acids is 1. The summed E-state index contributed by atoms with van der Waals surface area (Å²) in [6.07, 6.45) is -4.25. The van der Waals surface area contributed by atoms with Gasteiger partial charge in [0.1, 0.15) is 11.3 Å². The van der Waals surface area contributed by atoms with Gasteiger partial charge in [0, 0.05) is 12.7 Å². The lowest BCUT2D eigenvalue weighted by atomic mass is 10.2. The fourth-order valence-corrected chi connectivity index (χ4v) is 2.90. The van der Waals surface area contributed by atoms with Crippen molar-refractivity contribution < 1.29 is 32.6 Å². The average Bonchev–Trinajstić information content (AvgIpc) is 2.77. The summed E-state index contributed by atoms with van der Waals surface area (Å²) in [6.45, 7) is -0.0691. The number of carbonyl (C=O) groups excluding carboxylic acids is 1. The molecule has 172 valence electrons. The van der Waals surface area contributed by atoms with Crippen LogP contribution >= 0.6 is 0 Å². The number of carbonyl (C=O) groups is 2. The quantitative estimate of drug-likeness (QED) is 0.600. The summed E-state index contributed by atoms with van der Waals surface area (Å²) < 4.78 is 44.8. The molecule has 0 saturated heterocycles. The molecule has 0 aliphatic heterocycles. The van der Waals surface area contributed by atoms with E-state index in [4.69, 9.17) is 4.74 Å². The fraction of sp³-hybridized carbons (Fsp3) is 0.143. The molecule has 12 heteroatoms. The molecule has 0 aliphatic carbocycles. The second-order valence-corrected chi connectivity index (χ2v) is 6.70. The molecule has 1 aromatic heterocycles. The van der Waals surface area contributed by atoms with E-state index in [1.54, 1.807) is 24.3 Å². The van der Waals surface area contributed by atoms with Crippen LogP contribution in [0.15, 0.2) is 64.3 Å². The van der Waals surface area contributed by atoms with Gasteiger partial charge >= 0.3 is 23.9 Å². The van der Waals surface area contributed by atoms with Crippen molar-refractivity contribution in [1.29, 1.82) is 0 Å². The Kier molecular flexibility index (Phi) is 6.38. The molecule has 0 saturated carbocycles. The van der Waals surface area contributed by atoms with E-state index in [1.165, 1.54) is 7.11 Å². The number of hydrogen-bond acceptors (Lipinski definition) is 5. The maximum Gasteiger partial charge on any atom is 0.416 e. The number of benzene rings is 2. The Balaban J connectivity index is 2.05. The molecule has 2 aromatic carbocycles. The number of nitrogens with zero attached hydrogens (tertiary/aromatic N) is 2. The zero-order chi connectivity index (χ0) is 24.3. The maximum atomic E-state index is 13.1. The Hall–Kier alpha value is -4.35. The van der Waals surface area contributed by atoms with Crippen molar-refractivity contribution in [2.75, 3.05) is 7.11 Å². The van der Waals surface area contributed by atoms with Gasteiger partial charge in [0.2, 0.25) is 0 Å². The van der Waals surface area contributed by atoms with Crippen LogP contribution in [0.25, 0.3) is 5.69 Å². The Labute approximate surface area is 183 Å². The molecule has 0 bridgehead atoms. The van der Waals surface area contributed by atoms with E-state index >= 15 is 0 Å². The second-order valence-electron chi connectivity index (χ2n) is 6.70. The van der Waals surface area contributed by atoms with Crippen molar-refractivity contribution in [2.45, 2.75) is 12.7 Å². The largest absolute Gasteiger partial charge is 0.497 e. The smallest absolute Gasteiger partial charge is 0.416 e. The zero-order valence-corrected chi connectivity index (χ0v) is 16.9. The minimum Gasteiger partial charge on any atom is -0.497 e. The molecule has 0 fully saturated rings. The van der Waals surface area contributed by atoms with Crippen LogP contribution in [0.4, 0.5) is 18.0 Å². The van der Waals surface area contributed by atoms with Crippen molar-refractivity contribution in [1.82, 2.24) is 14.5 Å². The lowest BCUT2D eigenvalue weighted by molar-refractivity contribution is -0.137. The summed E-state index contributed by atoms with van der Waals surface area (Å²) in [5.74, 6) is -1.20. The third-order valence-electron chi connectivity index (χ3n) is 4.57. The van der Waals surface area contributed by atoms with Crippen molar-refractivity contribution in [3.63, 3.8) is 0 Å². The molecule has 0 atom stereocenters. The molecule has 3 rings (SSSR count). The number of rotatable bonds is 5. The molecule has 9 nitrogen and oxygen atoms in total. The van der Waals surface area contributed by atoms with E-state index in [9.17, 15) is 37.5 Å². The summed E-state index contributed by atoms with van der Waals surface area (Å²) >= 11 is 0. The van der Waals surface area contributed by atoms with Gasteiger partial charge in [-0.05, 0) is 35.9 Å². The SMILES string of the molecule is COc1ccc(CNC(=O)n2cc(C(=O)O)c(=O)n(-c3cccc(C(F)(F)F)c3)c2=O)cc1. The molecule has 0 aliphatic rings. The van der Waals surface area contributed by atoms with Crippen molar-refractivity contribution in [3.05, 3.63) is 92.3 Å². The Bertz CT molecular complexity index is 1330. The highest BCUT2D eigenvalue weighted by Crippen LogP contribution is 2.29. The van der Waals surface area contributed by atoms with Gasteiger partial charge < -0.3 is 15.2 Å². The first-order chi connectivity index (χ1) is 15.5. The minimum absolute atomic E-state index is 0.0691. The van der Waals surface area contributed by atoms with Crippen molar-refractivity contribution in [3.8, 4) is 11.4 Å². The molecular weight excluding hydrogens is 447 g/mol. The number of ether oxygens (including phenoxy) is 1. The normalized spacial score (nSPS) is 11.2. The third-order valence-corrected chi connectivity index (χ3v) is 4.57. The highest BCUT2D eigenvalue weighted by molar-refractivity contribution is 5.88. The van der Waals surface area contributed by atoms with Crippen LogP contribution in [0, 0.1) is 0 Å². The lowest BCUT2D eigenvalue weighted by Crippen LogP contribution is -2.46. The number of alkyl halides is 3. The summed E-state index contributed by atoms with van der Waals surface area (Å²) in [5, 5.41) is 11.7. The Morgan fingerprint density at radius 3 is 2.33 bits per heavy atom. The number of aromatic nitrogens is 2. The minimum atomic E-state index is -4.78. The fourth-order valence-electron chi connectivity index (χ4n) is 2.90. The topological polar surface area (TPSA) is 120 Å². The number of carboxylic acid groups (broad SMARTS) is 1. The molecule has 3 aromatic rings. The number of amides is 1. The van der Waals surface area contributed by atoms with E-state index < -0.39 is 46.2 Å². The van der Waals surface area contributed by atoms with Gasteiger partial charge in [-0.2, -0.15) is 13.2 Å². The summed E-state index contributed by atoms with van der Waals surface area (Å²) in [5.41, 5.74) is -4.79. The monoisotopic (exact) mass is 463 g/mol. The van der Waals surface area contributed by atoms with Gasteiger partial charge in [-0.25, -0.2) is 23.5 Å². The number of halogens is 3. The van der Waals surface area contributed by atoms with Gasteiger partial charge in [-0.3, -0.25) is 4.79 Å². The predicted molar refractivity (Wildman–Crippen MR) is 109 cm³/mol. The first kappa shape index (κ1) is 23.3. The second kappa shape index (κ2) is 9.02. The molecular formula is C21H16F3N3O6. The van der Waals surface area contributed by atoms with Gasteiger partial charge in [0.05, 0.1) is 18.4 Å². The van der Waals surface area contributed by atoms with Crippen LogP contribution in [0.5, 0.6) is 5.75 Å². The summed E-state index contributed by atoms with van der Waals surface area (Å²) in [6, 6.07) is 8.63. The van der Waals surface area contributed by atoms with Crippen LogP contribution in [0.2, 0.25) is 0 Å². The standard InChI is InChI=1S/C21H16F3N3O6/c1-33-15-7-5-12(6-8-15)10-25-19(31)26-11-16(18(29)30)17(28)27(20(26)32)14-4-2-3-13(9-14)21(22,23)24/h2-9,11H,10H2,1H3,(H,25,31)(H,29,30).